The number of rotatable bonds is 2. The fraction of sp³-hybridized carbons (Fsp3) is 0.0625. The summed E-state index contributed by atoms with van der Waals surface area (Å²) in [6.07, 6.45) is 0. The lowest BCUT2D eigenvalue weighted by Gasteiger charge is -2.12. The molecule has 3 rings (SSSR count). The molecule has 2 aromatic carbocycles. The van der Waals surface area contributed by atoms with E-state index in [1.165, 1.54) is 24.3 Å². The van der Waals surface area contributed by atoms with Gasteiger partial charge in [-0.2, -0.15) is 0 Å². The van der Waals surface area contributed by atoms with Gasteiger partial charge in [-0.25, -0.2) is 24.3 Å². The van der Waals surface area contributed by atoms with Gasteiger partial charge < -0.3 is 5.32 Å². The highest BCUT2D eigenvalue weighted by Crippen LogP contribution is 2.09. The number of urea groups is 1. The van der Waals surface area contributed by atoms with E-state index < -0.39 is 11.8 Å². The first kappa shape index (κ1) is 14.7. The number of carbonyl (C=O) groups is 1. The molecule has 2 N–H and O–H groups in total. The minimum Gasteiger partial charge on any atom is -0.307 e. The van der Waals surface area contributed by atoms with Crippen molar-refractivity contribution in [2.45, 2.75) is 6.92 Å². The van der Waals surface area contributed by atoms with Gasteiger partial charge in [0.05, 0.1) is 10.9 Å². The zero-order valence-electron chi connectivity index (χ0n) is 12.2. The zero-order chi connectivity index (χ0) is 16.4. The Labute approximate surface area is 130 Å². The average Bonchev–Trinajstić information content (AvgIpc) is 2.54. The van der Waals surface area contributed by atoms with Crippen LogP contribution in [-0.4, -0.2) is 15.7 Å². The molecule has 0 bridgehead atoms. The van der Waals surface area contributed by atoms with Crippen molar-refractivity contribution < 1.29 is 9.18 Å². The molecule has 2 amide bonds. The maximum atomic E-state index is 12.8. The SMILES string of the molecule is Cc1nc2ccccc2c(=O)n1NC(=O)Nc1ccc(F)cc1. The molecule has 0 aliphatic heterocycles. The molecule has 0 radical (unpaired) electrons. The third-order valence-electron chi connectivity index (χ3n) is 3.26. The Morgan fingerprint density at radius 1 is 1.13 bits per heavy atom. The largest absolute Gasteiger partial charge is 0.338 e. The van der Waals surface area contributed by atoms with Crippen LogP contribution in [0.5, 0.6) is 0 Å². The fourth-order valence-corrected chi connectivity index (χ4v) is 2.17. The van der Waals surface area contributed by atoms with Gasteiger partial charge >= 0.3 is 6.03 Å². The highest BCUT2D eigenvalue weighted by Gasteiger charge is 2.10. The molecule has 7 heteroatoms. The van der Waals surface area contributed by atoms with Crippen molar-refractivity contribution in [3.63, 3.8) is 0 Å². The predicted octanol–water partition coefficient (Wildman–Crippen LogP) is 2.62. The average molecular weight is 312 g/mol. The lowest BCUT2D eigenvalue weighted by molar-refractivity contribution is 0.259. The highest BCUT2D eigenvalue weighted by molar-refractivity contribution is 5.95. The standard InChI is InChI=1S/C16H13FN4O2/c1-10-18-14-5-3-2-4-13(14)15(22)21(10)20-16(23)19-12-8-6-11(17)7-9-12/h2-9H,1H3,(H2,19,20,23). The van der Waals surface area contributed by atoms with E-state index in [0.29, 0.717) is 22.4 Å². The monoisotopic (exact) mass is 312 g/mol. The Morgan fingerprint density at radius 3 is 2.57 bits per heavy atom. The summed E-state index contributed by atoms with van der Waals surface area (Å²) in [6.45, 7) is 1.62. The summed E-state index contributed by atoms with van der Waals surface area (Å²) in [5, 5.41) is 2.92. The van der Waals surface area contributed by atoms with E-state index in [4.69, 9.17) is 0 Å². The van der Waals surface area contributed by atoms with Gasteiger partial charge in [-0.3, -0.25) is 4.79 Å². The summed E-state index contributed by atoms with van der Waals surface area (Å²) >= 11 is 0. The van der Waals surface area contributed by atoms with Crippen LogP contribution in [0.3, 0.4) is 0 Å². The predicted molar refractivity (Wildman–Crippen MR) is 85.5 cm³/mol. The Kier molecular flexibility index (Phi) is 3.76. The van der Waals surface area contributed by atoms with Crippen LogP contribution in [-0.2, 0) is 0 Å². The van der Waals surface area contributed by atoms with Crippen LogP contribution in [0.2, 0.25) is 0 Å². The molecule has 23 heavy (non-hydrogen) atoms. The van der Waals surface area contributed by atoms with Crippen molar-refractivity contribution in [1.82, 2.24) is 9.66 Å². The molecule has 1 heterocycles. The maximum Gasteiger partial charge on any atom is 0.338 e. The second-order valence-electron chi connectivity index (χ2n) is 4.89. The molecule has 6 nitrogen and oxygen atoms in total. The molecule has 0 atom stereocenters. The van der Waals surface area contributed by atoms with Crippen LogP contribution in [0, 0.1) is 12.7 Å². The van der Waals surface area contributed by atoms with Gasteiger partial charge in [0.15, 0.2) is 0 Å². The first-order valence-corrected chi connectivity index (χ1v) is 6.86. The Bertz CT molecular complexity index is 935. The number of aromatic nitrogens is 2. The number of benzene rings is 2. The fourth-order valence-electron chi connectivity index (χ4n) is 2.17. The molecule has 3 aromatic rings. The second kappa shape index (κ2) is 5.88. The van der Waals surface area contributed by atoms with Gasteiger partial charge in [-0.1, -0.05) is 12.1 Å². The number of hydrogen-bond donors (Lipinski definition) is 2. The molecular formula is C16H13FN4O2. The number of fused-ring (bicyclic) bond motifs is 1. The van der Waals surface area contributed by atoms with Gasteiger partial charge in [0.25, 0.3) is 5.56 Å². The van der Waals surface area contributed by atoms with E-state index in [1.54, 1.807) is 31.2 Å². The summed E-state index contributed by atoms with van der Waals surface area (Å²) in [5.41, 5.74) is 3.03. The number of amides is 2. The number of anilines is 1. The van der Waals surface area contributed by atoms with Gasteiger partial charge in [-0.05, 0) is 43.3 Å². The zero-order valence-corrected chi connectivity index (χ0v) is 12.2. The molecule has 0 saturated carbocycles. The van der Waals surface area contributed by atoms with E-state index in [0.717, 1.165) is 4.68 Å². The van der Waals surface area contributed by atoms with E-state index in [1.807, 2.05) is 0 Å². The van der Waals surface area contributed by atoms with Crippen molar-refractivity contribution >= 4 is 22.6 Å². The Balaban J connectivity index is 1.87. The number of nitrogens with one attached hydrogen (secondary N) is 2. The number of carbonyl (C=O) groups excluding carboxylic acids is 1. The summed E-state index contributed by atoms with van der Waals surface area (Å²) in [4.78, 5) is 28.7. The minimum atomic E-state index is -0.626. The summed E-state index contributed by atoms with van der Waals surface area (Å²) < 4.78 is 13.9. The number of aryl methyl sites for hydroxylation is 1. The lowest BCUT2D eigenvalue weighted by Crippen LogP contribution is -2.37. The topological polar surface area (TPSA) is 76.0 Å². The summed E-state index contributed by atoms with van der Waals surface area (Å²) in [7, 11) is 0. The lowest BCUT2D eigenvalue weighted by atomic mass is 10.2. The molecule has 0 saturated heterocycles. The number of hydrogen-bond acceptors (Lipinski definition) is 3. The van der Waals surface area contributed by atoms with Crippen molar-refractivity contribution in [2.75, 3.05) is 10.7 Å². The van der Waals surface area contributed by atoms with Crippen molar-refractivity contribution in [2.24, 2.45) is 0 Å². The molecule has 116 valence electrons. The van der Waals surface area contributed by atoms with Crippen molar-refractivity contribution in [3.8, 4) is 0 Å². The van der Waals surface area contributed by atoms with Gasteiger partial charge in [-0.15, -0.1) is 0 Å². The van der Waals surface area contributed by atoms with Crippen LogP contribution in [0.25, 0.3) is 10.9 Å². The van der Waals surface area contributed by atoms with Crippen molar-refractivity contribution in [3.05, 3.63) is 70.5 Å². The number of nitrogens with zero attached hydrogens (tertiary/aromatic N) is 2. The van der Waals surface area contributed by atoms with Crippen LogP contribution >= 0.6 is 0 Å². The third-order valence-corrected chi connectivity index (χ3v) is 3.26. The van der Waals surface area contributed by atoms with Gasteiger partial charge in [0.2, 0.25) is 0 Å². The van der Waals surface area contributed by atoms with Crippen LogP contribution in [0.1, 0.15) is 5.82 Å². The van der Waals surface area contributed by atoms with E-state index in [9.17, 15) is 14.0 Å². The molecule has 0 fully saturated rings. The van der Waals surface area contributed by atoms with Crippen LogP contribution in [0.15, 0.2) is 53.3 Å². The Morgan fingerprint density at radius 2 is 1.83 bits per heavy atom. The van der Waals surface area contributed by atoms with Gasteiger partial charge in [0, 0.05) is 5.69 Å². The normalized spacial score (nSPS) is 10.5. The van der Waals surface area contributed by atoms with Crippen LogP contribution < -0.4 is 16.3 Å². The highest BCUT2D eigenvalue weighted by atomic mass is 19.1. The molecule has 0 unspecified atom stereocenters. The molecule has 0 aliphatic rings. The first-order chi connectivity index (χ1) is 11.0. The molecule has 0 aliphatic carbocycles. The summed E-state index contributed by atoms with van der Waals surface area (Å²) in [6, 6.07) is 11.5. The quantitative estimate of drug-likeness (QED) is 0.763. The van der Waals surface area contributed by atoms with E-state index in [2.05, 4.69) is 15.7 Å². The first-order valence-electron chi connectivity index (χ1n) is 6.86. The smallest absolute Gasteiger partial charge is 0.307 e. The van der Waals surface area contributed by atoms with Crippen molar-refractivity contribution in [1.29, 1.82) is 0 Å². The minimum absolute atomic E-state index is 0.350. The summed E-state index contributed by atoms with van der Waals surface area (Å²) in [5.74, 6) is -0.0512. The third kappa shape index (κ3) is 3.03. The van der Waals surface area contributed by atoms with Crippen LogP contribution in [0.4, 0.5) is 14.9 Å². The number of para-hydroxylation sites is 1. The Hall–Kier alpha value is -3.22. The van der Waals surface area contributed by atoms with E-state index in [-0.39, 0.29) is 5.56 Å². The number of halogens is 1. The second-order valence-corrected chi connectivity index (χ2v) is 4.89. The van der Waals surface area contributed by atoms with Gasteiger partial charge in [0.1, 0.15) is 11.6 Å². The molecular weight excluding hydrogens is 299 g/mol. The van der Waals surface area contributed by atoms with E-state index >= 15 is 0 Å². The molecule has 0 spiro atoms. The maximum absolute atomic E-state index is 12.8. The molecule has 1 aromatic heterocycles.